The second-order valence-corrected chi connectivity index (χ2v) is 6.04. The Labute approximate surface area is 125 Å². The lowest BCUT2D eigenvalue weighted by molar-refractivity contribution is -0.151. The minimum atomic E-state index is -0.595. The van der Waals surface area contributed by atoms with Crippen LogP contribution in [0.4, 0.5) is 0 Å². The number of hydrogen-bond acceptors (Lipinski definition) is 4. The summed E-state index contributed by atoms with van der Waals surface area (Å²) in [4.78, 5) is 12.5. The molecule has 1 fully saturated rings. The summed E-state index contributed by atoms with van der Waals surface area (Å²) in [6, 6.07) is 8.28. The molecule has 3 rings (SSSR count). The minimum absolute atomic E-state index is 0.125. The highest BCUT2D eigenvalue weighted by atomic mass is 16.5. The summed E-state index contributed by atoms with van der Waals surface area (Å²) in [6.07, 6.45) is 2.50. The molecule has 2 aliphatic rings. The van der Waals surface area contributed by atoms with E-state index in [2.05, 4.69) is 17.4 Å². The Kier molecular flexibility index (Phi) is 4.27. The molecule has 0 spiro atoms. The van der Waals surface area contributed by atoms with E-state index < -0.39 is 5.54 Å². The van der Waals surface area contributed by atoms with Crippen molar-refractivity contribution >= 4 is 5.97 Å². The zero-order valence-corrected chi connectivity index (χ0v) is 12.6. The molecule has 21 heavy (non-hydrogen) atoms. The maximum absolute atomic E-state index is 12.5. The van der Waals surface area contributed by atoms with Crippen LogP contribution in [0.2, 0.25) is 0 Å². The van der Waals surface area contributed by atoms with Gasteiger partial charge in [-0.15, -0.1) is 0 Å². The van der Waals surface area contributed by atoms with Gasteiger partial charge >= 0.3 is 5.97 Å². The number of carbonyl (C=O) groups excluding carboxylic acids is 1. The van der Waals surface area contributed by atoms with E-state index in [0.29, 0.717) is 12.5 Å². The number of benzene rings is 1. The first-order chi connectivity index (χ1) is 10.2. The van der Waals surface area contributed by atoms with E-state index in [-0.39, 0.29) is 5.97 Å². The summed E-state index contributed by atoms with van der Waals surface area (Å²) in [5.74, 6) is 0.375. The molecule has 1 aromatic rings. The number of fused-ring (bicyclic) bond motifs is 1. The van der Waals surface area contributed by atoms with Gasteiger partial charge in [0.25, 0.3) is 0 Å². The smallest absolute Gasteiger partial charge is 0.327 e. The zero-order chi connectivity index (χ0) is 14.7. The molecule has 0 radical (unpaired) electrons. The Morgan fingerprint density at radius 1 is 1.38 bits per heavy atom. The van der Waals surface area contributed by atoms with Crippen LogP contribution in [0.3, 0.4) is 0 Å². The second-order valence-electron chi connectivity index (χ2n) is 6.04. The summed E-state index contributed by atoms with van der Waals surface area (Å²) in [5, 5.41) is 3.51. The van der Waals surface area contributed by atoms with Crippen molar-refractivity contribution in [1.82, 2.24) is 5.32 Å². The quantitative estimate of drug-likeness (QED) is 0.838. The van der Waals surface area contributed by atoms with Crippen LogP contribution in [-0.4, -0.2) is 37.9 Å². The Hall–Kier alpha value is -1.39. The van der Waals surface area contributed by atoms with Crippen molar-refractivity contribution in [1.29, 1.82) is 0 Å². The van der Waals surface area contributed by atoms with Crippen LogP contribution in [0.5, 0.6) is 0 Å². The van der Waals surface area contributed by atoms with Crippen molar-refractivity contribution in [2.24, 2.45) is 5.92 Å². The lowest BCUT2D eigenvalue weighted by Crippen LogP contribution is -2.55. The SMILES string of the molecule is CCOC(=O)C1(NC[C@H]2CCOC2)Cc2ccccc2C1. The van der Waals surface area contributed by atoms with Gasteiger partial charge in [-0.1, -0.05) is 24.3 Å². The molecule has 114 valence electrons. The third-order valence-electron chi connectivity index (χ3n) is 4.52. The third-order valence-corrected chi connectivity index (χ3v) is 4.52. The van der Waals surface area contributed by atoms with Crippen LogP contribution >= 0.6 is 0 Å². The largest absolute Gasteiger partial charge is 0.465 e. The Bertz CT molecular complexity index is 484. The predicted octanol–water partition coefficient (Wildman–Crippen LogP) is 1.71. The summed E-state index contributed by atoms with van der Waals surface area (Å²) in [7, 11) is 0. The monoisotopic (exact) mass is 289 g/mol. The van der Waals surface area contributed by atoms with Crippen LogP contribution in [0.15, 0.2) is 24.3 Å². The first kappa shape index (κ1) is 14.5. The highest BCUT2D eigenvalue weighted by molar-refractivity contribution is 5.83. The fraction of sp³-hybridized carbons (Fsp3) is 0.588. The van der Waals surface area contributed by atoms with E-state index in [1.807, 2.05) is 19.1 Å². The average molecular weight is 289 g/mol. The normalized spacial score (nSPS) is 23.0. The number of rotatable bonds is 5. The van der Waals surface area contributed by atoms with Gasteiger partial charge in [0, 0.05) is 26.0 Å². The third kappa shape index (κ3) is 2.97. The summed E-state index contributed by atoms with van der Waals surface area (Å²) in [6.45, 7) is 4.72. The predicted molar refractivity (Wildman–Crippen MR) is 80.1 cm³/mol. The van der Waals surface area contributed by atoms with E-state index in [1.54, 1.807) is 0 Å². The first-order valence-corrected chi connectivity index (χ1v) is 7.80. The molecule has 1 aromatic carbocycles. The summed E-state index contributed by atoms with van der Waals surface area (Å²) in [5.41, 5.74) is 1.91. The average Bonchev–Trinajstić information content (AvgIpc) is 3.13. The molecular weight excluding hydrogens is 266 g/mol. The summed E-state index contributed by atoms with van der Waals surface area (Å²) < 4.78 is 10.8. The number of hydrogen-bond donors (Lipinski definition) is 1. The van der Waals surface area contributed by atoms with Crippen molar-refractivity contribution in [2.45, 2.75) is 31.7 Å². The molecule has 1 heterocycles. The van der Waals surface area contributed by atoms with E-state index in [1.165, 1.54) is 11.1 Å². The molecule has 0 saturated carbocycles. The van der Waals surface area contributed by atoms with Crippen LogP contribution in [0.25, 0.3) is 0 Å². The minimum Gasteiger partial charge on any atom is -0.465 e. The van der Waals surface area contributed by atoms with Gasteiger partial charge in [-0.3, -0.25) is 4.79 Å². The molecule has 0 bridgehead atoms. The lowest BCUT2D eigenvalue weighted by Gasteiger charge is -2.29. The number of carbonyl (C=O) groups is 1. The van der Waals surface area contributed by atoms with Crippen LogP contribution in [0.1, 0.15) is 24.5 Å². The van der Waals surface area contributed by atoms with Gasteiger partial charge in [-0.2, -0.15) is 0 Å². The first-order valence-electron chi connectivity index (χ1n) is 7.80. The second kappa shape index (κ2) is 6.16. The molecule has 1 atom stereocenters. The maximum atomic E-state index is 12.5. The van der Waals surface area contributed by atoms with Gasteiger partial charge in [0.15, 0.2) is 0 Å². The van der Waals surface area contributed by atoms with Crippen molar-refractivity contribution in [3.05, 3.63) is 35.4 Å². The number of nitrogens with one attached hydrogen (secondary N) is 1. The standard InChI is InChI=1S/C17H23NO3/c1-2-21-16(19)17(18-11-13-7-8-20-12-13)9-14-5-3-4-6-15(14)10-17/h3-6,13,18H,2,7-12H2,1H3/t13-/m1/s1. The molecule has 4 heteroatoms. The molecule has 1 saturated heterocycles. The maximum Gasteiger partial charge on any atom is 0.327 e. The van der Waals surface area contributed by atoms with Gasteiger partial charge in [0.1, 0.15) is 5.54 Å². The fourth-order valence-corrected chi connectivity index (χ4v) is 3.31. The highest BCUT2D eigenvalue weighted by Crippen LogP contribution is 2.31. The fourth-order valence-electron chi connectivity index (χ4n) is 3.31. The van der Waals surface area contributed by atoms with Gasteiger partial charge in [0.2, 0.25) is 0 Å². The van der Waals surface area contributed by atoms with Crippen LogP contribution in [-0.2, 0) is 27.1 Å². The van der Waals surface area contributed by atoms with E-state index in [9.17, 15) is 4.79 Å². The lowest BCUT2D eigenvalue weighted by atomic mass is 9.94. The molecule has 1 N–H and O–H groups in total. The molecule has 0 unspecified atom stereocenters. The number of esters is 1. The summed E-state index contributed by atoms with van der Waals surface area (Å²) >= 11 is 0. The van der Waals surface area contributed by atoms with Gasteiger partial charge < -0.3 is 14.8 Å². The van der Waals surface area contributed by atoms with Crippen molar-refractivity contribution in [2.75, 3.05) is 26.4 Å². The molecule has 0 aromatic heterocycles. The Balaban J connectivity index is 1.75. The molecule has 4 nitrogen and oxygen atoms in total. The Morgan fingerprint density at radius 3 is 2.67 bits per heavy atom. The van der Waals surface area contributed by atoms with E-state index in [0.717, 1.165) is 39.0 Å². The van der Waals surface area contributed by atoms with Crippen molar-refractivity contribution < 1.29 is 14.3 Å². The topological polar surface area (TPSA) is 47.6 Å². The van der Waals surface area contributed by atoms with Gasteiger partial charge in [-0.25, -0.2) is 0 Å². The van der Waals surface area contributed by atoms with E-state index >= 15 is 0 Å². The number of ether oxygens (including phenoxy) is 2. The van der Waals surface area contributed by atoms with E-state index in [4.69, 9.17) is 9.47 Å². The molecule has 1 aliphatic carbocycles. The zero-order valence-electron chi connectivity index (χ0n) is 12.6. The van der Waals surface area contributed by atoms with Crippen LogP contribution < -0.4 is 5.32 Å². The molecule has 0 amide bonds. The molecule has 1 aliphatic heterocycles. The van der Waals surface area contributed by atoms with Crippen LogP contribution in [0, 0.1) is 5.92 Å². The van der Waals surface area contributed by atoms with Gasteiger partial charge in [0.05, 0.1) is 13.2 Å². The highest BCUT2D eigenvalue weighted by Gasteiger charge is 2.45. The van der Waals surface area contributed by atoms with Crippen molar-refractivity contribution in [3.8, 4) is 0 Å². The molecular formula is C17H23NO3. The van der Waals surface area contributed by atoms with Crippen molar-refractivity contribution in [3.63, 3.8) is 0 Å². The van der Waals surface area contributed by atoms with Gasteiger partial charge in [-0.05, 0) is 30.4 Å². The Morgan fingerprint density at radius 2 is 2.10 bits per heavy atom.